The van der Waals surface area contributed by atoms with Crippen molar-refractivity contribution in [3.8, 4) is 11.8 Å². The van der Waals surface area contributed by atoms with Crippen molar-refractivity contribution in [3.05, 3.63) is 59.7 Å². The van der Waals surface area contributed by atoms with E-state index in [0.717, 1.165) is 36.4 Å². The second-order valence-electron chi connectivity index (χ2n) is 8.18. The molecule has 2 fully saturated rings. The van der Waals surface area contributed by atoms with Crippen molar-refractivity contribution >= 4 is 17.5 Å². The van der Waals surface area contributed by atoms with Crippen molar-refractivity contribution in [1.29, 1.82) is 5.26 Å². The van der Waals surface area contributed by atoms with E-state index in [0.29, 0.717) is 38.2 Å². The van der Waals surface area contributed by atoms with Gasteiger partial charge in [0.15, 0.2) is 0 Å². The van der Waals surface area contributed by atoms with Crippen LogP contribution in [0.2, 0.25) is 0 Å². The monoisotopic (exact) mass is 432 g/mol. The van der Waals surface area contributed by atoms with Gasteiger partial charge >= 0.3 is 0 Å². The number of anilines is 1. The third-order valence-electron chi connectivity index (χ3n) is 6.27. The second-order valence-corrected chi connectivity index (χ2v) is 8.18. The molecule has 32 heavy (non-hydrogen) atoms. The van der Waals surface area contributed by atoms with Gasteiger partial charge < -0.3 is 14.5 Å². The summed E-state index contributed by atoms with van der Waals surface area (Å²) in [5.41, 5.74) is 2.40. The SMILES string of the molecule is COc1ccc(C(C#N)N2CCN(C(=O)c3ccc(N4CCCCC4=O)cc3)CC2)cc1. The molecule has 2 aromatic rings. The molecule has 2 aliphatic heterocycles. The van der Waals surface area contributed by atoms with Crippen LogP contribution >= 0.6 is 0 Å². The second kappa shape index (κ2) is 9.84. The Balaban J connectivity index is 1.36. The molecule has 4 rings (SSSR count). The minimum absolute atomic E-state index is 0.0147. The van der Waals surface area contributed by atoms with E-state index in [1.54, 1.807) is 24.1 Å². The topological polar surface area (TPSA) is 76.9 Å². The van der Waals surface area contributed by atoms with Crippen molar-refractivity contribution in [1.82, 2.24) is 9.80 Å². The summed E-state index contributed by atoms with van der Waals surface area (Å²) in [5.74, 6) is 0.894. The quantitative estimate of drug-likeness (QED) is 0.725. The highest BCUT2D eigenvalue weighted by atomic mass is 16.5. The average Bonchev–Trinajstić information content (AvgIpc) is 2.85. The highest BCUT2D eigenvalue weighted by molar-refractivity contribution is 5.97. The molecule has 0 saturated carbocycles. The van der Waals surface area contributed by atoms with Crippen molar-refractivity contribution in [2.45, 2.75) is 25.3 Å². The smallest absolute Gasteiger partial charge is 0.253 e. The number of hydrogen-bond donors (Lipinski definition) is 0. The molecule has 7 nitrogen and oxygen atoms in total. The average molecular weight is 433 g/mol. The molecule has 0 bridgehead atoms. The third-order valence-corrected chi connectivity index (χ3v) is 6.27. The number of hydrogen-bond acceptors (Lipinski definition) is 5. The maximum Gasteiger partial charge on any atom is 0.253 e. The van der Waals surface area contributed by atoms with E-state index in [1.807, 2.05) is 41.3 Å². The number of piperidine rings is 1. The molecular weight excluding hydrogens is 404 g/mol. The molecule has 0 radical (unpaired) electrons. The van der Waals surface area contributed by atoms with Gasteiger partial charge in [0.25, 0.3) is 5.91 Å². The van der Waals surface area contributed by atoms with E-state index >= 15 is 0 Å². The maximum absolute atomic E-state index is 13.0. The lowest BCUT2D eigenvalue weighted by molar-refractivity contribution is -0.119. The van der Waals surface area contributed by atoms with Crippen LogP contribution < -0.4 is 9.64 Å². The van der Waals surface area contributed by atoms with Gasteiger partial charge in [0, 0.05) is 50.4 Å². The largest absolute Gasteiger partial charge is 0.497 e. The molecule has 2 aromatic carbocycles. The summed E-state index contributed by atoms with van der Waals surface area (Å²) in [6.45, 7) is 3.15. The Morgan fingerprint density at radius 1 is 0.969 bits per heavy atom. The fraction of sp³-hybridized carbons (Fsp3) is 0.400. The van der Waals surface area contributed by atoms with Gasteiger partial charge in [0.1, 0.15) is 11.8 Å². The standard InChI is InChI=1S/C25H28N4O3/c1-32-22-11-7-19(8-12-22)23(18-26)27-14-16-28(17-15-27)25(31)20-5-9-21(10-6-20)29-13-3-2-4-24(29)30/h5-12,23H,2-4,13-17H2,1H3. The predicted octanol–water partition coefficient (Wildman–Crippen LogP) is 3.23. The van der Waals surface area contributed by atoms with Crippen LogP contribution in [0.5, 0.6) is 5.75 Å². The number of nitriles is 1. The van der Waals surface area contributed by atoms with E-state index < -0.39 is 0 Å². The molecule has 0 N–H and O–H groups in total. The van der Waals surface area contributed by atoms with Gasteiger partial charge in [-0.3, -0.25) is 14.5 Å². The van der Waals surface area contributed by atoms with Crippen LogP contribution in [0.15, 0.2) is 48.5 Å². The number of carbonyl (C=O) groups excluding carboxylic acids is 2. The van der Waals surface area contributed by atoms with Gasteiger partial charge in [-0.1, -0.05) is 12.1 Å². The van der Waals surface area contributed by atoms with Gasteiger partial charge in [-0.05, 0) is 54.8 Å². The zero-order valence-electron chi connectivity index (χ0n) is 18.4. The lowest BCUT2D eigenvalue weighted by Crippen LogP contribution is -2.49. The molecule has 0 aliphatic carbocycles. The molecule has 2 saturated heterocycles. The molecule has 1 atom stereocenters. The first-order valence-corrected chi connectivity index (χ1v) is 11.1. The van der Waals surface area contributed by atoms with E-state index in [-0.39, 0.29) is 17.9 Å². The first-order valence-electron chi connectivity index (χ1n) is 11.1. The van der Waals surface area contributed by atoms with Crippen LogP contribution in [0.1, 0.15) is 41.2 Å². The number of benzene rings is 2. The summed E-state index contributed by atoms with van der Waals surface area (Å²) >= 11 is 0. The molecule has 2 aliphatic rings. The number of amides is 2. The van der Waals surface area contributed by atoms with Crippen LogP contribution in [-0.4, -0.2) is 61.4 Å². The Hall–Kier alpha value is -3.37. The molecule has 1 unspecified atom stereocenters. The Bertz CT molecular complexity index is 989. The number of rotatable bonds is 5. The molecular formula is C25H28N4O3. The van der Waals surface area contributed by atoms with Gasteiger partial charge in [-0.15, -0.1) is 0 Å². The van der Waals surface area contributed by atoms with Crippen molar-refractivity contribution in [2.75, 3.05) is 44.7 Å². The summed E-state index contributed by atoms with van der Waals surface area (Å²) in [6, 6.07) is 16.9. The number of carbonyl (C=O) groups is 2. The summed E-state index contributed by atoms with van der Waals surface area (Å²) in [6.07, 6.45) is 2.55. The highest BCUT2D eigenvalue weighted by Crippen LogP contribution is 2.25. The fourth-order valence-corrected chi connectivity index (χ4v) is 4.38. The normalized spacial score (nSPS) is 18.2. The van der Waals surface area contributed by atoms with Crippen molar-refractivity contribution < 1.29 is 14.3 Å². The lowest BCUT2D eigenvalue weighted by Gasteiger charge is -2.37. The molecule has 2 amide bonds. The lowest BCUT2D eigenvalue weighted by atomic mass is 10.0. The minimum Gasteiger partial charge on any atom is -0.497 e. The predicted molar refractivity (Wildman–Crippen MR) is 121 cm³/mol. The zero-order chi connectivity index (χ0) is 22.5. The first-order chi connectivity index (χ1) is 15.6. The zero-order valence-corrected chi connectivity index (χ0v) is 18.4. The van der Waals surface area contributed by atoms with Gasteiger partial charge in [0.2, 0.25) is 5.91 Å². The third kappa shape index (κ3) is 4.61. The van der Waals surface area contributed by atoms with Crippen molar-refractivity contribution in [3.63, 3.8) is 0 Å². The molecule has 2 heterocycles. The van der Waals surface area contributed by atoms with E-state index in [9.17, 15) is 14.9 Å². The summed E-state index contributed by atoms with van der Waals surface area (Å²) in [7, 11) is 1.62. The van der Waals surface area contributed by atoms with Crippen molar-refractivity contribution in [2.24, 2.45) is 0 Å². The molecule has 166 valence electrons. The minimum atomic E-state index is -0.348. The molecule has 0 spiro atoms. The number of methoxy groups -OCH3 is 1. The van der Waals surface area contributed by atoms with Crippen LogP contribution in [0.3, 0.4) is 0 Å². The summed E-state index contributed by atoms with van der Waals surface area (Å²) in [5, 5.41) is 9.73. The Morgan fingerprint density at radius 2 is 1.66 bits per heavy atom. The van der Waals surface area contributed by atoms with Gasteiger partial charge in [-0.25, -0.2) is 0 Å². The van der Waals surface area contributed by atoms with Crippen LogP contribution in [0.4, 0.5) is 5.69 Å². The number of nitrogens with zero attached hydrogens (tertiary/aromatic N) is 4. The van der Waals surface area contributed by atoms with Crippen LogP contribution in [0.25, 0.3) is 0 Å². The van der Waals surface area contributed by atoms with Gasteiger partial charge in [-0.2, -0.15) is 5.26 Å². The Morgan fingerprint density at radius 3 is 2.25 bits per heavy atom. The summed E-state index contributed by atoms with van der Waals surface area (Å²) < 4.78 is 5.20. The first kappa shape index (κ1) is 21.8. The highest BCUT2D eigenvalue weighted by Gasteiger charge is 2.28. The summed E-state index contributed by atoms with van der Waals surface area (Å²) in [4.78, 5) is 30.9. The fourth-order valence-electron chi connectivity index (χ4n) is 4.38. The van der Waals surface area contributed by atoms with Crippen LogP contribution in [0, 0.1) is 11.3 Å². The van der Waals surface area contributed by atoms with E-state index in [4.69, 9.17) is 4.74 Å². The van der Waals surface area contributed by atoms with Gasteiger partial charge in [0.05, 0.1) is 13.2 Å². The Labute approximate surface area is 188 Å². The number of piperazine rings is 1. The van der Waals surface area contributed by atoms with Crippen LogP contribution in [-0.2, 0) is 4.79 Å². The number of ether oxygens (including phenoxy) is 1. The maximum atomic E-state index is 13.0. The van der Waals surface area contributed by atoms with E-state index in [2.05, 4.69) is 11.0 Å². The molecule has 0 aromatic heterocycles. The molecule has 7 heteroatoms. The Kier molecular flexibility index (Phi) is 6.72. The van der Waals surface area contributed by atoms with E-state index in [1.165, 1.54) is 0 Å².